The summed E-state index contributed by atoms with van der Waals surface area (Å²) >= 11 is 0. The number of hydrogen-bond donors (Lipinski definition) is 2. The third-order valence-corrected chi connectivity index (χ3v) is 11.2. The van der Waals surface area contributed by atoms with Crippen LogP contribution in [0.4, 0.5) is 0 Å². The average Bonchev–Trinajstić information content (AvgIpc) is 2.79. The van der Waals surface area contributed by atoms with Crippen molar-refractivity contribution >= 4 is 11.8 Å². The molecule has 5 nitrogen and oxygen atoms in total. The van der Waals surface area contributed by atoms with Crippen molar-refractivity contribution in [3.8, 4) is 11.5 Å². The van der Waals surface area contributed by atoms with Crippen LogP contribution >= 0.6 is 0 Å². The smallest absolute Gasteiger partial charge is 0.311 e. The van der Waals surface area contributed by atoms with Gasteiger partial charge in [0.2, 0.25) is 0 Å². The monoisotopic (exact) mass is 466 g/mol. The van der Waals surface area contributed by atoms with Crippen molar-refractivity contribution in [3.63, 3.8) is 0 Å². The molecule has 184 valence electrons. The molecule has 5 rings (SSSR count). The zero-order valence-electron chi connectivity index (χ0n) is 21.4. The molecule has 3 saturated carbocycles. The Balaban J connectivity index is 1.64. The van der Waals surface area contributed by atoms with Gasteiger partial charge in [-0.2, -0.15) is 0 Å². The number of benzene rings is 1. The van der Waals surface area contributed by atoms with Gasteiger partial charge in [-0.3, -0.25) is 9.59 Å². The predicted molar refractivity (Wildman–Crippen MR) is 130 cm³/mol. The Kier molecular flexibility index (Phi) is 4.75. The van der Waals surface area contributed by atoms with Crippen LogP contribution in [0.1, 0.15) is 95.5 Å². The van der Waals surface area contributed by atoms with Crippen LogP contribution in [0, 0.1) is 27.6 Å². The first-order valence-corrected chi connectivity index (χ1v) is 12.7. The molecule has 5 heteroatoms. The van der Waals surface area contributed by atoms with Gasteiger partial charge in [0, 0.05) is 11.0 Å². The van der Waals surface area contributed by atoms with Crippen molar-refractivity contribution in [2.45, 2.75) is 85.0 Å². The van der Waals surface area contributed by atoms with Gasteiger partial charge in [0.15, 0.2) is 17.3 Å². The Morgan fingerprint density at radius 1 is 0.941 bits per heavy atom. The summed E-state index contributed by atoms with van der Waals surface area (Å²) in [5.74, 6) is -0.296. The van der Waals surface area contributed by atoms with Crippen molar-refractivity contribution < 1.29 is 24.5 Å². The van der Waals surface area contributed by atoms with Crippen molar-refractivity contribution in [2.75, 3.05) is 7.11 Å². The maximum absolute atomic E-state index is 13.3. The Hall–Kier alpha value is -2.30. The summed E-state index contributed by atoms with van der Waals surface area (Å²) in [5.41, 5.74) is 1.50. The van der Waals surface area contributed by atoms with Crippen LogP contribution < -0.4 is 0 Å². The number of allylic oxidation sites excluding steroid dienone is 2. The number of carbonyl (C=O) groups excluding carboxylic acids is 2. The van der Waals surface area contributed by atoms with Crippen LogP contribution in [0.15, 0.2) is 23.8 Å². The number of ether oxygens (including phenoxy) is 1. The minimum absolute atomic E-state index is 0.0716. The van der Waals surface area contributed by atoms with E-state index >= 15 is 0 Å². The SMILES string of the molecule is COC(=O)C1(C)CCC2(C)CCC3(C)C4=CC(=O)c5cc(O)c(O)cc5C4(C)CCC3(C)C2C1. The first kappa shape index (κ1) is 23.4. The molecule has 4 aliphatic rings. The van der Waals surface area contributed by atoms with E-state index in [2.05, 4.69) is 34.6 Å². The highest BCUT2D eigenvalue weighted by molar-refractivity contribution is 6.09. The minimum Gasteiger partial charge on any atom is -0.504 e. The van der Waals surface area contributed by atoms with Gasteiger partial charge in [-0.05, 0) is 103 Å². The quantitative estimate of drug-likeness (QED) is 0.388. The van der Waals surface area contributed by atoms with Gasteiger partial charge in [-0.15, -0.1) is 0 Å². The normalized spacial score (nSPS) is 43.1. The highest BCUT2D eigenvalue weighted by Crippen LogP contribution is 2.74. The largest absolute Gasteiger partial charge is 0.504 e. The molecule has 0 radical (unpaired) electrons. The Bertz CT molecular complexity index is 1140. The molecule has 1 aromatic carbocycles. The van der Waals surface area contributed by atoms with Crippen molar-refractivity contribution in [1.82, 2.24) is 0 Å². The van der Waals surface area contributed by atoms with E-state index in [-0.39, 0.29) is 44.9 Å². The van der Waals surface area contributed by atoms with Crippen LogP contribution in [0.5, 0.6) is 11.5 Å². The summed E-state index contributed by atoms with van der Waals surface area (Å²) in [6, 6.07) is 3.02. The van der Waals surface area contributed by atoms with Crippen molar-refractivity contribution in [3.05, 3.63) is 34.9 Å². The van der Waals surface area contributed by atoms with Crippen LogP contribution in [0.3, 0.4) is 0 Å². The van der Waals surface area contributed by atoms with Gasteiger partial charge < -0.3 is 14.9 Å². The Labute approximate surface area is 202 Å². The second kappa shape index (κ2) is 6.89. The van der Waals surface area contributed by atoms with E-state index in [1.807, 2.05) is 6.08 Å². The second-order valence-corrected chi connectivity index (χ2v) is 12.9. The van der Waals surface area contributed by atoms with Gasteiger partial charge >= 0.3 is 5.97 Å². The fourth-order valence-electron chi connectivity index (χ4n) is 8.66. The van der Waals surface area contributed by atoms with E-state index in [4.69, 9.17) is 4.74 Å². The molecule has 0 bridgehead atoms. The number of carbonyl (C=O) groups is 2. The van der Waals surface area contributed by atoms with Gasteiger partial charge in [0.25, 0.3) is 0 Å². The summed E-state index contributed by atoms with van der Waals surface area (Å²) in [4.78, 5) is 26.1. The fourth-order valence-corrected chi connectivity index (χ4v) is 8.66. The summed E-state index contributed by atoms with van der Waals surface area (Å²) < 4.78 is 5.24. The number of phenolic OH excluding ortho intramolecular Hbond substituents is 2. The molecule has 0 heterocycles. The number of esters is 1. The van der Waals surface area contributed by atoms with E-state index < -0.39 is 5.41 Å². The van der Waals surface area contributed by atoms with Crippen molar-refractivity contribution in [2.24, 2.45) is 27.6 Å². The number of hydrogen-bond acceptors (Lipinski definition) is 5. The van der Waals surface area contributed by atoms with E-state index in [1.165, 1.54) is 13.2 Å². The lowest BCUT2D eigenvalue weighted by molar-refractivity contribution is -0.179. The third kappa shape index (κ3) is 2.73. The maximum atomic E-state index is 13.3. The average molecular weight is 467 g/mol. The van der Waals surface area contributed by atoms with E-state index in [0.717, 1.165) is 56.1 Å². The van der Waals surface area contributed by atoms with Gasteiger partial charge in [-0.1, -0.05) is 27.7 Å². The topological polar surface area (TPSA) is 83.8 Å². The zero-order chi connectivity index (χ0) is 24.9. The molecule has 0 saturated heterocycles. The standard InChI is InChI=1S/C29H38O5/c1-25-7-8-26(2,24(33)34-6)16-23(25)29(5)12-10-27(3)18-14-21(32)20(31)13-17(18)19(30)15-22(27)28(29,4)11-9-25/h13-15,23,31-32H,7-12,16H2,1-6H3. The minimum atomic E-state index is -0.479. The molecule has 0 amide bonds. The fraction of sp³-hybridized carbons (Fsp3) is 0.655. The number of fused-ring (bicyclic) bond motifs is 7. The lowest BCUT2D eigenvalue weighted by Gasteiger charge is -2.69. The molecule has 0 spiro atoms. The first-order valence-electron chi connectivity index (χ1n) is 12.7. The zero-order valence-corrected chi connectivity index (χ0v) is 21.4. The highest BCUT2D eigenvalue weighted by Gasteiger charge is 2.67. The van der Waals surface area contributed by atoms with Crippen LogP contribution in [0.25, 0.3) is 0 Å². The predicted octanol–water partition coefficient (Wildman–Crippen LogP) is 6.06. The molecule has 0 aromatic heterocycles. The Morgan fingerprint density at radius 2 is 1.59 bits per heavy atom. The van der Waals surface area contributed by atoms with Gasteiger partial charge in [0.05, 0.1) is 12.5 Å². The molecule has 34 heavy (non-hydrogen) atoms. The highest BCUT2D eigenvalue weighted by atomic mass is 16.5. The molecular formula is C29H38O5. The lowest BCUT2D eigenvalue weighted by atomic mass is 9.34. The van der Waals surface area contributed by atoms with E-state index in [9.17, 15) is 19.8 Å². The number of ketones is 1. The number of rotatable bonds is 1. The molecule has 6 unspecified atom stereocenters. The number of aromatic hydroxyl groups is 2. The summed E-state index contributed by atoms with van der Waals surface area (Å²) in [6.45, 7) is 11.4. The maximum Gasteiger partial charge on any atom is 0.311 e. The van der Waals surface area contributed by atoms with Crippen LogP contribution in [-0.2, 0) is 14.9 Å². The number of phenols is 2. The van der Waals surface area contributed by atoms with E-state index in [1.54, 1.807) is 6.07 Å². The summed E-state index contributed by atoms with van der Waals surface area (Å²) in [7, 11) is 1.49. The second-order valence-electron chi connectivity index (χ2n) is 12.9. The summed E-state index contributed by atoms with van der Waals surface area (Å²) in [5, 5.41) is 20.4. The first-order chi connectivity index (χ1) is 15.7. The molecule has 3 fully saturated rings. The van der Waals surface area contributed by atoms with Gasteiger partial charge in [-0.25, -0.2) is 0 Å². The molecule has 1 aromatic rings. The third-order valence-electron chi connectivity index (χ3n) is 11.2. The van der Waals surface area contributed by atoms with Crippen molar-refractivity contribution in [1.29, 1.82) is 0 Å². The van der Waals surface area contributed by atoms with Crippen LogP contribution in [-0.4, -0.2) is 29.1 Å². The van der Waals surface area contributed by atoms with E-state index in [0.29, 0.717) is 11.5 Å². The molecular weight excluding hydrogens is 428 g/mol. The lowest BCUT2D eigenvalue weighted by Crippen LogP contribution is -2.62. The molecule has 4 aliphatic carbocycles. The molecule has 0 aliphatic heterocycles. The molecule has 6 atom stereocenters. The Morgan fingerprint density at radius 3 is 2.26 bits per heavy atom. The molecule has 2 N–H and O–H groups in total. The van der Waals surface area contributed by atoms with Gasteiger partial charge in [0.1, 0.15) is 0 Å². The summed E-state index contributed by atoms with van der Waals surface area (Å²) in [6.07, 6.45) is 8.41. The number of methoxy groups -OCH3 is 1. The van der Waals surface area contributed by atoms with Crippen LogP contribution in [0.2, 0.25) is 0 Å².